The Kier molecular flexibility index (Phi) is 4.50. The maximum absolute atomic E-state index is 12.8. The van der Waals surface area contributed by atoms with Gasteiger partial charge in [-0.1, -0.05) is 6.07 Å². The molecule has 2 aliphatic rings. The Hall–Kier alpha value is -1.61. The normalized spacial score (nSPS) is 17.6. The standard InChI is InChI=1S/C19H23N3O3S2/c1-19(2,24)18-21-10-17(26-18)27(20,25)22-16(23)9-15-13-5-3-4-11(13)8-12-6-7-14(12)15/h8,10,24H,3-7,9H2,1-2H3,(H2,20,22,23,25)/t27-/m1/s1. The molecule has 0 bridgehead atoms. The van der Waals surface area contributed by atoms with Gasteiger partial charge in [0, 0.05) is 0 Å². The second-order valence-corrected chi connectivity index (χ2v) is 10.8. The van der Waals surface area contributed by atoms with Gasteiger partial charge in [0.25, 0.3) is 5.91 Å². The molecule has 1 heterocycles. The summed E-state index contributed by atoms with van der Waals surface area (Å²) in [6.07, 6.45) is 6.72. The fourth-order valence-corrected chi connectivity index (χ4v) is 5.97. The summed E-state index contributed by atoms with van der Waals surface area (Å²) in [6.45, 7) is 3.17. The third-order valence-corrected chi connectivity index (χ3v) is 8.46. The van der Waals surface area contributed by atoms with Crippen molar-refractivity contribution in [3.63, 3.8) is 0 Å². The molecule has 0 unspecified atom stereocenters. The van der Waals surface area contributed by atoms with Crippen LogP contribution < -0.4 is 5.14 Å². The average molecular weight is 406 g/mol. The second-order valence-electron chi connectivity index (χ2n) is 7.76. The number of aromatic nitrogens is 1. The Balaban J connectivity index is 1.63. The molecule has 1 amide bonds. The summed E-state index contributed by atoms with van der Waals surface area (Å²) in [5.74, 6) is -0.463. The number of fused-ring (bicyclic) bond motifs is 2. The smallest absolute Gasteiger partial charge is 0.259 e. The highest BCUT2D eigenvalue weighted by Gasteiger charge is 2.27. The molecule has 27 heavy (non-hydrogen) atoms. The van der Waals surface area contributed by atoms with Crippen LogP contribution >= 0.6 is 11.3 Å². The van der Waals surface area contributed by atoms with Crippen molar-refractivity contribution in [1.29, 1.82) is 0 Å². The van der Waals surface area contributed by atoms with Crippen molar-refractivity contribution in [3.8, 4) is 0 Å². The first-order valence-corrected chi connectivity index (χ1v) is 11.5. The molecule has 0 fully saturated rings. The Bertz CT molecular complexity index is 1060. The Morgan fingerprint density at radius 1 is 1.30 bits per heavy atom. The lowest BCUT2D eigenvalue weighted by atomic mass is 9.80. The summed E-state index contributed by atoms with van der Waals surface area (Å²) in [5, 5.41) is 16.3. The number of thiazole rings is 1. The molecule has 2 aliphatic carbocycles. The number of nitrogens with zero attached hydrogens (tertiary/aromatic N) is 2. The van der Waals surface area contributed by atoms with Crippen LogP contribution in [-0.2, 0) is 52.4 Å². The van der Waals surface area contributed by atoms with E-state index in [0.29, 0.717) is 5.01 Å². The van der Waals surface area contributed by atoms with Gasteiger partial charge in [-0.2, -0.15) is 0 Å². The summed E-state index contributed by atoms with van der Waals surface area (Å²) >= 11 is 1.02. The number of nitrogens with two attached hydrogens (primary N) is 1. The number of carbonyl (C=O) groups excluding carboxylic acids is 1. The van der Waals surface area contributed by atoms with Gasteiger partial charge in [0.05, 0.1) is 12.6 Å². The number of aryl methyl sites for hydroxylation is 2. The maximum atomic E-state index is 12.8. The van der Waals surface area contributed by atoms with E-state index in [9.17, 15) is 14.1 Å². The van der Waals surface area contributed by atoms with Gasteiger partial charge >= 0.3 is 0 Å². The van der Waals surface area contributed by atoms with Crippen LogP contribution in [0.2, 0.25) is 0 Å². The predicted molar refractivity (Wildman–Crippen MR) is 105 cm³/mol. The molecule has 3 N–H and O–H groups in total. The van der Waals surface area contributed by atoms with E-state index in [2.05, 4.69) is 15.4 Å². The van der Waals surface area contributed by atoms with Crippen molar-refractivity contribution in [2.45, 2.75) is 62.2 Å². The number of hydrogen-bond acceptors (Lipinski definition) is 5. The Labute approximate surface area is 163 Å². The Morgan fingerprint density at radius 3 is 2.63 bits per heavy atom. The van der Waals surface area contributed by atoms with Crippen molar-refractivity contribution in [2.24, 2.45) is 9.50 Å². The topological polar surface area (TPSA) is 106 Å². The molecule has 8 heteroatoms. The molecule has 0 spiro atoms. The van der Waals surface area contributed by atoms with Crippen LogP contribution in [0, 0.1) is 0 Å². The van der Waals surface area contributed by atoms with Crippen LogP contribution in [0.1, 0.15) is 53.1 Å². The SMILES string of the molecule is CC(C)(O)c1ncc([S@](N)(=O)=NC(=O)Cc2c3c(cc4c2CC4)CCC3)s1. The van der Waals surface area contributed by atoms with E-state index in [1.54, 1.807) is 13.8 Å². The molecule has 1 atom stereocenters. The average Bonchev–Trinajstić information content (AvgIpc) is 3.18. The lowest BCUT2D eigenvalue weighted by Gasteiger charge is -2.25. The van der Waals surface area contributed by atoms with E-state index < -0.39 is 21.4 Å². The van der Waals surface area contributed by atoms with Gasteiger partial charge in [-0.05, 0) is 73.8 Å². The fraction of sp³-hybridized carbons (Fsp3) is 0.474. The lowest BCUT2D eigenvalue weighted by molar-refractivity contribution is -0.117. The molecule has 4 rings (SSSR count). The summed E-state index contributed by atoms with van der Waals surface area (Å²) in [7, 11) is -3.37. The number of rotatable bonds is 4. The molecular weight excluding hydrogens is 382 g/mol. The number of amides is 1. The molecule has 2 aromatic rings. The summed E-state index contributed by atoms with van der Waals surface area (Å²) in [6, 6.07) is 2.29. The number of aliphatic hydroxyl groups is 1. The van der Waals surface area contributed by atoms with E-state index in [0.717, 1.165) is 49.0 Å². The first kappa shape index (κ1) is 18.7. The molecular formula is C19H23N3O3S2. The van der Waals surface area contributed by atoms with Gasteiger partial charge in [-0.3, -0.25) is 4.79 Å². The van der Waals surface area contributed by atoms with Crippen molar-refractivity contribution in [1.82, 2.24) is 4.98 Å². The minimum absolute atomic E-state index is 0.150. The molecule has 144 valence electrons. The molecule has 0 saturated heterocycles. The minimum Gasteiger partial charge on any atom is -0.383 e. The highest BCUT2D eigenvalue weighted by Crippen LogP contribution is 2.36. The molecule has 6 nitrogen and oxygen atoms in total. The number of carbonyl (C=O) groups is 1. The van der Waals surface area contributed by atoms with E-state index in [4.69, 9.17) is 5.14 Å². The van der Waals surface area contributed by atoms with Crippen LogP contribution in [0.3, 0.4) is 0 Å². The Morgan fingerprint density at radius 2 is 2.00 bits per heavy atom. The van der Waals surface area contributed by atoms with Crippen molar-refractivity contribution in [2.75, 3.05) is 0 Å². The first-order chi connectivity index (χ1) is 12.6. The summed E-state index contributed by atoms with van der Waals surface area (Å²) in [5.41, 5.74) is 5.16. The van der Waals surface area contributed by atoms with Gasteiger partial charge in [-0.15, -0.1) is 15.7 Å². The summed E-state index contributed by atoms with van der Waals surface area (Å²) in [4.78, 5) is 16.7. The van der Waals surface area contributed by atoms with Gasteiger partial charge in [0.2, 0.25) is 0 Å². The number of benzene rings is 1. The van der Waals surface area contributed by atoms with Crippen molar-refractivity contribution in [3.05, 3.63) is 45.1 Å². The monoisotopic (exact) mass is 405 g/mol. The third kappa shape index (κ3) is 3.47. The van der Waals surface area contributed by atoms with Crippen molar-refractivity contribution >= 4 is 27.2 Å². The van der Waals surface area contributed by atoms with Crippen LogP contribution in [0.4, 0.5) is 0 Å². The number of hydrogen-bond donors (Lipinski definition) is 2. The van der Waals surface area contributed by atoms with Crippen LogP contribution in [0.25, 0.3) is 0 Å². The van der Waals surface area contributed by atoms with Crippen LogP contribution in [-0.4, -0.2) is 20.2 Å². The zero-order valence-electron chi connectivity index (χ0n) is 15.4. The van der Waals surface area contributed by atoms with Gasteiger partial charge in [0.1, 0.15) is 14.8 Å². The van der Waals surface area contributed by atoms with E-state index in [-0.39, 0.29) is 10.6 Å². The summed E-state index contributed by atoms with van der Waals surface area (Å²) < 4.78 is 16.9. The minimum atomic E-state index is -3.37. The molecule has 0 radical (unpaired) electrons. The highest BCUT2D eigenvalue weighted by molar-refractivity contribution is 7.93. The van der Waals surface area contributed by atoms with Gasteiger partial charge in [-0.25, -0.2) is 14.3 Å². The quantitative estimate of drug-likeness (QED) is 0.815. The molecule has 1 aromatic heterocycles. The van der Waals surface area contributed by atoms with E-state index in [1.165, 1.54) is 28.5 Å². The fourth-order valence-electron chi connectivity index (χ4n) is 3.83. The van der Waals surface area contributed by atoms with Crippen LogP contribution in [0.5, 0.6) is 0 Å². The maximum Gasteiger partial charge on any atom is 0.259 e. The van der Waals surface area contributed by atoms with E-state index >= 15 is 0 Å². The molecule has 0 aliphatic heterocycles. The highest BCUT2D eigenvalue weighted by atomic mass is 32.2. The predicted octanol–water partition coefficient (Wildman–Crippen LogP) is 2.43. The molecule has 0 saturated carbocycles. The first-order valence-electron chi connectivity index (χ1n) is 9.07. The molecule has 1 aromatic carbocycles. The second kappa shape index (κ2) is 6.48. The zero-order valence-corrected chi connectivity index (χ0v) is 17.1. The third-order valence-electron chi connectivity index (χ3n) is 5.23. The zero-order chi connectivity index (χ0) is 19.4. The lowest BCUT2D eigenvalue weighted by Crippen LogP contribution is -2.19. The van der Waals surface area contributed by atoms with E-state index in [1.807, 2.05) is 0 Å². The largest absolute Gasteiger partial charge is 0.383 e. The van der Waals surface area contributed by atoms with Gasteiger partial charge in [0.15, 0.2) is 9.92 Å². The van der Waals surface area contributed by atoms with Crippen molar-refractivity contribution < 1.29 is 14.1 Å². The van der Waals surface area contributed by atoms with Crippen LogP contribution in [0.15, 0.2) is 20.8 Å². The van der Waals surface area contributed by atoms with Gasteiger partial charge < -0.3 is 5.11 Å².